The second-order valence-corrected chi connectivity index (χ2v) is 8.23. The molecule has 0 atom stereocenters. The van der Waals surface area contributed by atoms with E-state index in [2.05, 4.69) is 63.9 Å². The zero-order chi connectivity index (χ0) is 15.4. The average molecular weight is 408 g/mol. The molecule has 1 aromatic carbocycles. The summed E-state index contributed by atoms with van der Waals surface area (Å²) in [6.07, 6.45) is 14.0. The van der Waals surface area contributed by atoms with Gasteiger partial charge in [0.25, 0.3) is 0 Å². The summed E-state index contributed by atoms with van der Waals surface area (Å²) < 4.78 is 2.22. The number of aryl methyl sites for hydroxylation is 1. The van der Waals surface area contributed by atoms with E-state index in [0.29, 0.717) is 0 Å². The first kappa shape index (κ1) is 16.5. The Hall–Kier alpha value is -0.310. The first-order valence-electron chi connectivity index (χ1n) is 9.09. The third-order valence-electron chi connectivity index (χ3n) is 6.15. The van der Waals surface area contributed by atoms with E-state index >= 15 is 0 Å². The molecule has 0 spiro atoms. The first-order chi connectivity index (χ1) is 10.8. The number of benzene rings is 1. The molecule has 0 aliphatic heterocycles. The SMILES string of the molecule is Cc1ccc(C2CCC(C3CCC(/C=C/I)CC3)CC2)cc1. The molecule has 1 aromatic rings. The molecule has 2 saturated carbocycles. The van der Waals surface area contributed by atoms with Crippen LogP contribution in [0.5, 0.6) is 0 Å². The van der Waals surface area contributed by atoms with Crippen LogP contribution in [0.1, 0.15) is 68.4 Å². The summed E-state index contributed by atoms with van der Waals surface area (Å²) in [6, 6.07) is 9.29. The van der Waals surface area contributed by atoms with Crippen LogP contribution in [0.4, 0.5) is 0 Å². The Bertz CT molecular complexity index is 471. The molecule has 0 unspecified atom stereocenters. The van der Waals surface area contributed by atoms with Gasteiger partial charge in [-0.3, -0.25) is 0 Å². The normalized spacial score (nSPS) is 33.2. The average Bonchev–Trinajstić information content (AvgIpc) is 2.57. The van der Waals surface area contributed by atoms with Gasteiger partial charge in [-0.2, -0.15) is 0 Å². The van der Waals surface area contributed by atoms with Crippen molar-refractivity contribution in [3.63, 3.8) is 0 Å². The number of hydrogen-bond acceptors (Lipinski definition) is 0. The van der Waals surface area contributed by atoms with Crippen LogP contribution < -0.4 is 0 Å². The van der Waals surface area contributed by atoms with Crippen molar-refractivity contribution in [1.29, 1.82) is 0 Å². The van der Waals surface area contributed by atoms with Crippen molar-refractivity contribution in [1.82, 2.24) is 0 Å². The van der Waals surface area contributed by atoms with E-state index < -0.39 is 0 Å². The molecule has 0 nitrogen and oxygen atoms in total. The lowest BCUT2D eigenvalue weighted by Crippen LogP contribution is -2.25. The topological polar surface area (TPSA) is 0 Å². The van der Waals surface area contributed by atoms with Crippen molar-refractivity contribution in [3.05, 3.63) is 45.6 Å². The maximum Gasteiger partial charge on any atom is -0.0162 e. The van der Waals surface area contributed by atoms with Crippen LogP contribution in [0.15, 0.2) is 34.4 Å². The molecule has 0 amide bonds. The third-order valence-corrected chi connectivity index (χ3v) is 6.56. The van der Waals surface area contributed by atoms with E-state index in [9.17, 15) is 0 Å². The van der Waals surface area contributed by atoms with E-state index in [-0.39, 0.29) is 0 Å². The van der Waals surface area contributed by atoms with Crippen LogP contribution in [0.2, 0.25) is 0 Å². The lowest BCUT2D eigenvalue weighted by atomic mass is 9.68. The Morgan fingerprint density at radius 1 is 0.818 bits per heavy atom. The van der Waals surface area contributed by atoms with Gasteiger partial charge >= 0.3 is 0 Å². The molecule has 1 heteroatoms. The molecule has 0 aromatic heterocycles. The predicted octanol–water partition coefficient (Wildman–Crippen LogP) is 7.02. The zero-order valence-corrected chi connectivity index (χ0v) is 16.0. The highest BCUT2D eigenvalue weighted by Gasteiger charge is 2.30. The lowest BCUT2D eigenvalue weighted by Gasteiger charge is -2.37. The lowest BCUT2D eigenvalue weighted by molar-refractivity contribution is 0.171. The largest absolute Gasteiger partial charge is 0.0753 e. The van der Waals surface area contributed by atoms with Crippen LogP contribution >= 0.6 is 22.6 Å². The molecular weight excluding hydrogens is 379 g/mol. The molecule has 0 N–H and O–H groups in total. The summed E-state index contributed by atoms with van der Waals surface area (Å²) in [4.78, 5) is 0. The van der Waals surface area contributed by atoms with Gasteiger partial charge < -0.3 is 0 Å². The summed E-state index contributed by atoms with van der Waals surface area (Å²) in [5, 5.41) is 0. The smallest absolute Gasteiger partial charge is 0.0162 e. The van der Waals surface area contributed by atoms with Crippen molar-refractivity contribution >= 4 is 22.6 Å². The fraction of sp³-hybridized carbons (Fsp3) is 0.619. The standard InChI is InChI=1S/C21H29I/c1-16-2-6-18(7-3-16)20-10-12-21(13-11-20)19-8-4-17(5-9-19)14-15-22/h2-3,6-7,14-15,17,19-21H,4-5,8-13H2,1H3/b15-14+. The number of hydrogen-bond donors (Lipinski definition) is 0. The minimum atomic E-state index is 0.829. The highest BCUT2D eigenvalue weighted by Crippen LogP contribution is 2.44. The van der Waals surface area contributed by atoms with Gasteiger partial charge in [0, 0.05) is 0 Å². The Kier molecular flexibility index (Phi) is 6.01. The fourth-order valence-electron chi connectivity index (χ4n) is 4.67. The molecule has 2 fully saturated rings. The fourth-order valence-corrected chi connectivity index (χ4v) is 5.26. The Labute approximate surface area is 149 Å². The summed E-state index contributed by atoms with van der Waals surface area (Å²) in [5.41, 5.74) is 2.97. The molecule has 0 saturated heterocycles. The highest BCUT2D eigenvalue weighted by atomic mass is 127. The summed E-state index contributed by atoms with van der Waals surface area (Å²) in [6.45, 7) is 2.18. The minimum absolute atomic E-state index is 0.829. The Balaban J connectivity index is 1.49. The van der Waals surface area contributed by atoms with Gasteiger partial charge in [-0.15, -0.1) is 0 Å². The quantitative estimate of drug-likeness (QED) is 0.471. The molecule has 0 heterocycles. The van der Waals surface area contributed by atoms with Crippen LogP contribution in [0.25, 0.3) is 0 Å². The summed E-state index contributed by atoms with van der Waals surface area (Å²) >= 11 is 2.37. The van der Waals surface area contributed by atoms with Crippen molar-refractivity contribution < 1.29 is 0 Å². The molecule has 120 valence electrons. The van der Waals surface area contributed by atoms with Gasteiger partial charge in [-0.1, -0.05) is 58.5 Å². The van der Waals surface area contributed by atoms with Crippen molar-refractivity contribution in [2.24, 2.45) is 17.8 Å². The van der Waals surface area contributed by atoms with Crippen molar-refractivity contribution in [2.75, 3.05) is 0 Å². The van der Waals surface area contributed by atoms with Gasteiger partial charge in [-0.05, 0) is 91.6 Å². The van der Waals surface area contributed by atoms with Crippen LogP contribution in [-0.4, -0.2) is 0 Å². The molecule has 22 heavy (non-hydrogen) atoms. The molecule has 2 aliphatic rings. The van der Waals surface area contributed by atoms with Crippen LogP contribution in [-0.2, 0) is 0 Å². The zero-order valence-electron chi connectivity index (χ0n) is 13.8. The van der Waals surface area contributed by atoms with E-state index in [1.165, 1.54) is 56.9 Å². The van der Waals surface area contributed by atoms with E-state index in [1.807, 2.05) is 0 Å². The molecule has 0 bridgehead atoms. The number of allylic oxidation sites excluding steroid dienone is 1. The maximum absolute atomic E-state index is 2.42. The Morgan fingerprint density at radius 2 is 1.36 bits per heavy atom. The van der Waals surface area contributed by atoms with Gasteiger partial charge in [0.1, 0.15) is 0 Å². The van der Waals surface area contributed by atoms with Gasteiger partial charge in [-0.25, -0.2) is 0 Å². The predicted molar refractivity (Wildman–Crippen MR) is 104 cm³/mol. The van der Waals surface area contributed by atoms with Crippen LogP contribution in [0.3, 0.4) is 0 Å². The molecule has 3 rings (SSSR count). The summed E-state index contributed by atoms with van der Waals surface area (Å²) in [7, 11) is 0. The molecular formula is C21H29I. The summed E-state index contributed by atoms with van der Waals surface area (Å²) in [5.74, 6) is 3.75. The van der Waals surface area contributed by atoms with Gasteiger partial charge in [0.15, 0.2) is 0 Å². The second kappa shape index (κ2) is 7.99. The molecule has 2 aliphatic carbocycles. The third kappa shape index (κ3) is 4.15. The van der Waals surface area contributed by atoms with E-state index in [1.54, 1.807) is 5.56 Å². The van der Waals surface area contributed by atoms with Crippen molar-refractivity contribution in [2.45, 2.75) is 64.2 Å². The Morgan fingerprint density at radius 3 is 1.91 bits per heavy atom. The monoisotopic (exact) mass is 408 g/mol. The number of halogens is 1. The van der Waals surface area contributed by atoms with Gasteiger partial charge in [0.2, 0.25) is 0 Å². The minimum Gasteiger partial charge on any atom is -0.0753 e. The first-order valence-corrected chi connectivity index (χ1v) is 10.3. The maximum atomic E-state index is 2.42. The molecule has 0 radical (unpaired) electrons. The van der Waals surface area contributed by atoms with Crippen LogP contribution in [0, 0.1) is 24.7 Å². The van der Waals surface area contributed by atoms with E-state index in [0.717, 1.165) is 23.7 Å². The van der Waals surface area contributed by atoms with Crippen molar-refractivity contribution in [3.8, 4) is 0 Å². The second-order valence-electron chi connectivity index (χ2n) is 7.52. The van der Waals surface area contributed by atoms with Gasteiger partial charge in [0.05, 0.1) is 0 Å². The highest BCUT2D eigenvalue weighted by molar-refractivity contribution is 14.1. The number of rotatable bonds is 3. The van der Waals surface area contributed by atoms with E-state index in [4.69, 9.17) is 0 Å².